The number of carbonyl (C=O) groups is 1. The number of hydrogen-bond acceptors (Lipinski definition) is 4. The molecule has 1 amide bonds. The first-order valence-corrected chi connectivity index (χ1v) is 9.22. The number of piperazine rings is 1. The first kappa shape index (κ1) is 18.6. The summed E-state index contributed by atoms with van der Waals surface area (Å²) in [6, 6.07) is 14.7. The Kier molecular flexibility index (Phi) is 6.08. The molecule has 0 radical (unpaired) electrons. The molecule has 0 aliphatic carbocycles. The molecule has 136 valence electrons. The van der Waals surface area contributed by atoms with E-state index in [0.717, 1.165) is 37.6 Å². The molecule has 2 aromatic rings. The van der Waals surface area contributed by atoms with E-state index < -0.39 is 0 Å². The average molecular weight is 389 g/mol. The van der Waals surface area contributed by atoms with Crippen LogP contribution in [0.4, 0.5) is 11.4 Å². The Morgan fingerprint density at radius 1 is 1.08 bits per heavy atom. The van der Waals surface area contributed by atoms with E-state index in [1.54, 1.807) is 24.3 Å². The molecule has 0 unspecified atom stereocenters. The number of carbonyl (C=O) groups excluding carboxylic acids is 1. The lowest BCUT2D eigenvalue weighted by Gasteiger charge is -2.35. The Balaban J connectivity index is 1.67. The maximum atomic E-state index is 12.3. The van der Waals surface area contributed by atoms with Gasteiger partial charge in [-0.2, -0.15) is 0 Å². The molecule has 26 heavy (non-hydrogen) atoms. The minimum absolute atomic E-state index is 0.261. The molecule has 3 rings (SSSR count). The molecule has 0 atom stereocenters. The number of anilines is 2. The number of benzene rings is 2. The monoisotopic (exact) mass is 388 g/mol. The van der Waals surface area contributed by atoms with Gasteiger partial charge in [0.15, 0.2) is 5.11 Å². The number of para-hydroxylation sites is 2. The van der Waals surface area contributed by atoms with Gasteiger partial charge >= 0.3 is 0 Å². The summed E-state index contributed by atoms with van der Waals surface area (Å²) in [4.78, 5) is 16.9. The predicted octanol–water partition coefficient (Wildman–Crippen LogP) is 3.22. The number of nitrogens with one attached hydrogen (secondary N) is 2. The van der Waals surface area contributed by atoms with Crippen LogP contribution in [-0.4, -0.2) is 49.1 Å². The zero-order valence-electron chi connectivity index (χ0n) is 14.5. The smallest absolute Gasteiger partial charge is 0.257 e. The minimum atomic E-state index is -0.290. The number of amides is 1. The molecule has 0 spiro atoms. The normalized spacial score (nSPS) is 14.8. The van der Waals surface area contributed by atoms with Crippen molar-refractivity contribution in [2.75, 3.05) is 43.4 Å². The summed E-state index contributed by atoms with van der Waals surface area (Å²) in [7, 11) is 2.13. The number of rotatable bonds is 3. The lowest BCUT2D eigenvalue weighted by atomic mass is 10.2. The number of hydrogen-bond donors (Lipinski definition) is 2. The zero-order valence-corrected chi connectivity index (χ0v) is 16.1. The van der Waals surface area contributed by atoms with Crippen LogP contribution in [0.3, 0.4) is 0 Å². The third-order valence-electron chi connectivity index (χ3n) is 4.31. The molecule has 2 aromatic carbocycles. The first-order chi connectivity index (χ1) is 12.5. The van der Waals surface area contributed by atoms with Gasteiger partial charge in [-0.15, -0.1) is 0 Å². The number of likely N-dealkylation sites (N-methyl/N-ethyl adjacent to an activating group) is 1. The maximum Gasteiger partial charge on any atom is 0.257 e. The minimum Gasteiger partial charge on any atom is -0.367 e. The highest BCUT2D eigenvalue weighted by Gasteiger charge is 2.17. The lowest BCUT2D eigenvalue weighted by Crippen LogP contribution is -2.45. The van der Waals surface area contributed by atoms with E-state index in [-0.39, 0.29) is 11.0 Å². The van der Waals surface area contributed by atoms with Crippen molar-refractivity contribution in [2.24, 2.45) is 0 Å². The van der Waals surface area contributed by atoms with E-state index in [2.05, 4.69) is 33.5 Å². The topological polar surface area (TPSA) is 47.6 Å². The Labute approximate surface area is 163 Å². The first-order valence-electron chi connectivity index (χ1n) is 8.43. The summed E-state index contributed by atoms with van der Waals surface area (Å²) in [6.07, 6.45) is 0. The molecular weight excluding hydrogens is 368 g/mol. The molecular formula is C19H21ClN4OS. The Bertz CT molecular complexity index is 806. The lowest BCUT2D eigenvalue weighted by molar-refractivity contribution is 0.0977. The van der Waals surface area contributed by atoms with Crippen molar-refractivity contribution in [3.8, 4) is 0 Å². The fourth-order valence-electron chi connectivity index (χ4n) is 2.86. The van der Waals surface area contributed by atoms with Gasteiger partial charge in [0.05, 0.1) is 11.4 Å². The Hall–Kier alpha value is -2.15. The molecule has 0 bridgehead atoms. The van der Waals surface area contributed by atoms with Crippen LogP contribution in [0, 0.1) is 0 Å². The number of nitrogens with zero attached hydrogens (tertiary/aromatic N) is 2. The number of thiocarbonyl (C=S) groups is 1. The average Bonchev–Trinajstić information content (AvgIpc) is 2.63. The van der Waals surface area contributed by atoms with Crippen LogP contribution >= 0.6 is 23.8 Å². The summed E-state index contributed by atoms with van der Waals surface area (Å²) in [5, 5.41) is 6.62. The van der Waals surface area contributed by atoms with Crippen LogP contribution in [0.2, 0.25) is 5.02 Å². The van der Waals surface area contributed by atoms with Gasteiger partial charge in [0, 0.05) is 36.8 Å². The van der Waals surface area contributed by atoms with Crippen LogP contribution in [0.25, 0.3) is 0 Å². The quantitative estimate of drug-likeness (QED) is 0.790. The molecule has 1 fully saturated rings. The third kappa shape index (κ3) is 4.72. The zero-order chi connectivity index (χ0) is 18.5. The Morgan fingerprint density at radius 3 is 2.54 bits per heavy atom. The summed E-state index contributed by atoms with van der Waals surface area (Å²) < 4.78 is 0. The Morgan fingerprint density at radius 2 is 1.81 bits per heavy atom. The fraction of sp³-hybridized carbons (Fsp3) is 0.263. The van der Waals surface area contributed by atoms with E-state index in [4.69, 9.17) is 23.8 Å². The van der Waals surface area contributed by atoms with Crippen LogP contribution in [-0.2, 0) is 0 Å². The standard InChI is InChI=1S/C19H21ClN4OS/c1-23-9-11-24(12-10-23)17-8-3-2-7-16(17)21-19(26)22-18(25)14-5-4-6-15(20)13-14/h2-8,13H,9-12H2,1H3,(H2,21,22,25,26). The van der Waals surface area contributed by atoms with E-state index in [9.17, 15) is 4.79 Å². The SMILES string of the molecule is CN1CCN(c2ccccc2NC(=S)NC(=O)c2cccc(Cl)c2)CC1. The number of halogens is 1. The van der Waals surface area contributed by atoms with Gasteiger partial charge in [-0.3, -0.25) is 10.1 Å². The maximum absolute atomic E-state index is 12.3. The fourth-order valence-corrected chi connectivity index (χ4v) is 3.25. The van der Waals surface area contributed by atoms with Gasteiger partial charge < -0.3 is 15.1 Å². The highest BCUT2D eigenvalue weighted by atomic mass is 35.5. The van der Waals surface area contributed by atoms with Crippen molar-refractivity contribution < 1.29 is 4.79 Å². The van der Waals surface area contributed by atoms with E-state index in [1.165, 1.54) is 0 Å². The van der Waals surface area contributed by atoms with Gasteiger partial charge in [0.1, 0.15) is 0 Å². The van der Waals surface area contributed by atoms with Gasteiger partial charge in [-0.05, 0) is 49.6 Å². The predicted molar refractivity (Wildman–Crippen MR) is 111 cm³/mol. The summed E-state index contributed by atoms with van der Waals surface area (Å²) in [6.45, 7) is 3.95. The second-order valence-electron chi connectivity index (χ2n) is 6.23. The molecule has 2 N–H and O–H groups in total. The molecule has 0 aromatic heterocycles. The van der Waals surface area contributed by atoms with Crippen molar-refractivity contribution in [3.63, 3.8) is 0 Å². The van der Waals surface area contributed by atoms with E-state index >= 15 is 0 Å². The van der Waals surface area contributed by atoms with Crippen LogP contribution in [0.1, 0.15) is 10.4 Å². The van der Waals surface area contributed by atoms with Crippen molar-refractivity contribution in [1.29, 1.82) is 0 Å². The molecule has 1 heterocycles. The van der Waals surface area contributed by atoms with Crippen molar-refractivity contribution in [1.82, 2.24) is 10.2 Å². The van der Waals surface area contributed by atoms with Gasteiger partial charge in [-0.1, -0.05) is 29.8 Å². The molecule has 7 heteroatoms. The highest BCUT2D eigenvalue weighted by molar-refractivity contribution is 7.80. The molecule has 1 aliphatic heterocycles. The third-order valence-corrected chi connectivity index (χ3v) is 4.75. The van der Waals surface area contributed by atoms with E-state index in [0.29, 0.717) is 10.6 Å². The largest absolute Gasteiger partial charge is 0.367 e. The van der Waals surface area contributed by atoms with E-state index in [1.807, 2.05) is 18.2 Å². The summed E-state index contributed by atoms with van der Waals surface area (Å²) in [5.41, 5.74) is 2.43. The highest BCUT2D eigenvalue weighted by Crippen LogP contribution is 2.26. The van der Waals surface area contributed by atoms with Gasteiger partial charge in [-0.25, -0.2) is 0 Å². The molecule has 0 saturated carbocycles. The van der Waals surface area contributed by atoms with Crippen LogP contribution in [0.5, 0.6) is 0 Å². The molecule has 1 aliphatic rings. The molecule has 5 nitrogen and oxygen atoms in total. The summed E-state index contributed by atoms with van der Waals surface area (Å²) in [5.74, 6) is -0.290. The van der Waals surface area contributed by atoms with Crippen molar-refractivity contribution in [3.05, 3.63) is 59.1 Å². The van der Waals surface area contributed by atoms with Crippen molar-refractivity contribution >= 4 is 46.2 Å². The second-order valence-corrected chi connectivity index (χ2v) is 7.07. The summed E-state index contributed by atoms with van der Waals surface area (Å²) >= 11 is 11.3. The van der Waals surface area contributed by atoms with Gasteiger partial charge in [0.25, 0.3) is 5.91 Å². The van der Waals surface area contributed by atoms with Crippen molar-refractivity contribution in [2.45, 2.75) is 0 Å². The van der Waals surface area contributed by atoms with Crippen LogP contribution in [0.15, 0.2) is 48.5 Å². The molecule has 1 saturated heterocycles. The van der Waals surface area contributed by atoms with Gasteiger partial charge in [0.2, 0.25) is 0 Å². The second kappa shape index (κ2) is 8.49. The van der Waals surface area contributed by atoms with Crippen LogP contribution < -0.4 is 15.5 Å².